The molecule has 0 spiro atoms. The minimum atomic E-state index is -0.475. The van der Waals surface area contributed by atoms with Crippen LogP contribution in [0, 0.1) is 5.82 Å². The van der Waals surface area contributed by atoms with Crippen LogP contribution in [0.25, 0.3) is 5.69 Å². The first-order chi connectivity index (χ1) is 13.5. The van der Waals surface area contributed by atoms with Crippen molar-refractivity contribution in [2.75, 3.05) is 13.2 Å². The van der Waals surface area contributed by atoms with Gasteiger partial charge in [-0.3, -0.25) is 4.79 Å². The van der Waals surface area contributed by atoms with Crippen molar-refractivity contribution < 1.29 is 13.9 Å². The van der Waals surface area contributed by atoms with Gasteiger partial charge in [0.15, 0.2) is 0 Å². The van der Waals surface area contributed by atoms with Gasteiger partial charge in [0.25, 0.3) is 5.91 Å². The summed E-state index contributed by atoms with van der Waals surface area (Å²) < 4.78 is 19.4. The Kier molecular flexibility index (Phi) is 6.20. The monoisotopic (exact) mass is 403 g/mol. The van der Waals surface area contributed by atoms with E-state index in [2.05, 4.69) is 15.2 Å². The molecule has 2 aromatic heterocycles. The molecule has 0 N–H and O–H groups in total. The highest BCUT2D eigenvalue weighted by atomic mass is 35.5. The third kappa shape index (κ3) is 4.45. The summed E-state index contributed by atoms with van der Waals surface area (Å²) in [5, 5.41) is 8.53. The topological polar surface area (TPSA) is 73.1 Å². The van der Waals surface area contributed by atoms with E-state index in [1.807, 2.05) is 13.8 Å². The van der Waals surface area contributed by atoms with Crippen LogP contribution in [0.5, 0.6) is 5.88 Å². The van der Waals surface area contributed by atoms with E-state index in [4.69, 9.17) is 16.3 Å². The zero-order chi connectivity index (χ0) is 20.1. The molecule has 0 saturated heterocycles. The predicted molar refractivity (Wildman–Crippen MR) is 102 cm³/mol. The Balaban J connectivity index is 1.78. The normalized spacial score (nSPS) is 11.9. The summed E-state index contributed by atoms with van der Waals surface area (Å²) in [5.74, 6) is -0.324. The molecule has 0 aliphatic heterocycles. The summed E-state index contributed by atoms with van der Waals surface area (Å²) in [6, 6.07) is 7.01. The van der Waals surface area contributed by atoms with Crippen LogP contribution in [-0.2, 0) is 0 Å². The number of pyridine rings is 1. The molecule has 0 bridgehead atoms. The van der Waals surface area contributed by atoms with Crippen molar-refractivity contribution in [1.82, 2.24) is 24.9 Å². The van der Waals surface area contributed by atoms with Gasteiger partial charge >= 0.3 is 0 Å². The van der Waals surface area contributed by atoms with Gasteiger partial charge in [0.1, 0.15) is 18.1 Å². The van der Waals surface area contributed by atoms with E-state index in [0.717, 1.165) is 0 Å². The number of carbonyl (C=O) groups excluding carboxylic acids is 1. The zero-order valence-corrected chi connectivity index (χ0v) is 16.2. The fraction of sp³-hybridized carbons (Fsp3) is 0.263. The van der Waals surface area contributed by atoms with E-state index in [-0.39, 0.29) is 24.2 Å². The van der Waals surface area contributed by atoms with E-state index in [9.17, 15) is 9.18 Å². The Hall–Kier alpha value is -3.00. The molecule has 3 rings (SSSR count). The average Bonchev–Trinajstić information content (AvgIpc) is 3.22. The Morgan fingerprint density at radius 3 is 2.68 bits per heavy atom. The minimum absolute atomic E-state index is 0.241. The maximum atomic E-state index is 13.8. The van der Waals surface area contributed by atoms with E-state index < -0.39 is 5.82 Å². The maximum Gasteiger partial charge on any atom is 0.256 e. The van der Waals surface area contributed by atoms with Gasteiger partial charge in [-0.2, -0.15) is 15.0 Å². The van der Waals surface area contributed by atoms with E-state index >= 15 is 0 Å². The van der Waals surface area contributed by atoms with Gasteiger partial charge in [-0.15, -0.1) is 0 Å². The molecule has 0 aliphatic carbocycles. The summed E-state index contributed by atoms with van der Waals surface area (Å²) in [7, 11) is 0. The van der Waals surface area contributed by atoms with Gasteiger partial charge in [-0.05, 0) is 32.0 Å². The highest BCUT2D eigenvalue weighted by Crippen LogP contribution is 2.19. The second-order valence-corrected chi connectivity index (χ2v) is 6.48. The Bertz CT molecular complexity index is 934. The molecule has 7 nitrogen and oxygen atoms in total. The number of halogens is 2. The number of ether oxygens (including phenoxy) is 1. The smallest absolute Gasteiger partial charge is 0.256 e. The zero-order valence-electron chi connectivity index (χ0n) is 15.4. The molecule has 0 unspecified atom stereocenters. The lowest BCUT2D eigenvalue weighted by Crippen LogP contribution is -2.42. The Labute approximate surface area is 166 Å². The number of hydrogen-bond donors (Lipinski definition) is 0. The summed E-state index contributed by atoms with van der Waals surface area (Å²) in [6.45, 7) is 4.42. The molecule has 1 amide bonds. The van der Waals surface area contributed by atoms with Crippen molar-refractivity contribution in [2.24, 2.45) is 0 Å². The predicted octanol–water partition coefficient (Wildman–Crippen LogP) is 3.38. The van der Waals surface area contributed by atoms with Crippen LogP contribution in [0.1, 0.15) is 24.2 Å². The summed E-state index contributed by atoms with van der Waals surface area (Å²) in [6.07, 6.45) is 4.42. The van der Waals surface area contributed by atoms with Crippen molar-refractivity contribution in [2.45, 2.75) is 19.9 Å². The number of nitrogens with zero attached hydrogens (tertiary/aromatic N) is 5. The van der Waals surface area contributed by atoms with Gasteiger partial charge < -0.3 is 9.64 Å². The van der Waals surface area contributed by atoms with E-state index in [1.54, 1.807) is 17.0 Å². The van der Waals surface area contributed by atoms with Gasteiger partial charge in [-0.1, -0.05) is 11.6 Å². The summed E-state index contributed by atoms with van der Waals surface area (Å²) in [4.78, 5) is 20.1. The van der Waals surface area contributed by atoms with Crippen LogP contribution in [0.2, 0.25) is 5.02 Å². The Morgan fingerprint density at radius 1 is 1.29 bits per heavy atom. The molecule has 146 valence electrons. The van der Waals surface area contributed by atoms with Crippen LogP contribution in [-0.4, -0.2) is 50.0 Å². The fourth-order valence-electron chi connectivity index (χ4n) is 2.74. The number of amides is 1. The van der Waals surface area contributed by atoms with Gasteiger partial charge in [0, 0.05) is 24.9 Å². The van der Waals surface area contributed by atoms with Crippen molar-refractivity contribution in [3.8, 4) is 11.6 Å². The van der Waals surface area contributed by atoms with Crippen molar-refractivity contribution in [3.63, 3.8) is 0 Å². The first kappa shape index (κ1) is 19.8. The molecule has 0 aliphatic rings. The van der Waals surface area contributed by atoms with Gasteiger partial charge in [-0.25, -0.2) is 9.37 Å². The SMILES string of the molecule is CCN(C(=O)c1ccc(F)cc1-n1nccn1)[C@@H](C)COc1ccc(Cl)cn1. The first-order valence-corrected chi connectivity index (χ1v) is 9.09. The lowest BCUT2D eigenvalue weighted by Gasteiger charge is -2.28. The van der Waals surface area contributed by atoms with Crippen molar-refractivity contribution in [3.05, 3.63) is 65.3 Å². The third-order valence-corrected chi connectivity index (χ3v) is 4.35. The second-order valence-electron chi connectivity index (χ2n) is 6.05. The largest absolute Gasteiger partial charge is 0.475 e. The molecule has 9 heteroatoms. The summed E-state index contributed by atoms with van der Waals surface area (Å²) in [5.41, 5.74) is 0.580. The van der Waals surface area contributed by atoms with Gasteiger partial charge in [0.2, 0.25) is 5.88 Å². The number of aromatic nitrogens is 4. The molecule has 0 fully saturated rings. The molecule has 0 saturated carbocycles. The van der Waals surface area contributed by atoms with E-state index in [0.29, 0.717) is 23.0 Å². The molecule has 1 atom stereocenters. The average molecular weight is 404 g/mol. The molecule has 2 heterocycles. The number of benzene rings is 1. The maximum absolute atomic E-state index is 13.8. The minimum Gasteiger partial charge on any atom is -0.475 e. The number of hydrogen-bond acceptors (Lipinski definition) is 5. The van der Waals surface area contributed by atoms with Crippen molar-refractivity contribution >= 4 is 17.5 Å². The summed E-state index contributed by atoms with van der Waals surface area (Å²) >= 11 is 5.82. The number of rotatable bonds is 7. The van der Waals surface area contributed by atoms with Crippen LogP contribution in [0.15, 0.2) is 48.9 Å². The first-order valence-electron chi connectivity index (χ1n) is 8.71. The third-order valence-electron chi connectivity index (χ3n) is 4.13. The quantitative estimate of drug-likeness (QED) is 0.604. The molecular weight excluding hydrogens is 385 g/mol. The van der Waals surface area contributed by atoms with Crippen LogP contribution in [0.3, 0.4) is 0 Å². The highest BCUT2D eigenvalue weighted by Gasteiger charge is 2.24. The molecule has 0 radical (unpaired) electrons. The molecule has 1 aromatic carbocycles. The van der Waals surface area contributed by atoms with Crippen molar-refractivity contribution in [1.29, 1.82) is 0 Å². The second kappa shape index (κ2) is 8.79. The fourth-order valence-corrected chi connectivity index (χ4v) is 2.86. The van der Waals surface area contributed by atoms with Crippen LogP contribution >= 0.6 is 11.6 Å². The number of carbonyl (C=O) groups is 1. The highest BCUT2D eigenvalue weighted by molar-refractivity contribution is 6.30. The molecular formula is C19H19ClFN5O2. The molecule has 28 heavy (non-hydrogen) atoms. The molecule has 3 aromatic rings. The van der Waals surface area contributed by atoms with Gasteiger partial charge in [0.05, 0.1) is 29.0 Å². The van der Waals surface area contributed by atoms with E-state index in [1.165, 1.54) is 41.6 Å². The van der Waals surface area contributed by atoms with Crippen LogP contribution in [0.4, 0.5) is 4.39 Å². The van der Waals surface area contributed by atoms with Crippen LogP contribution < -0.4 is 4.74 Å². The lowest BCUT2D eigenvalue weighted by atomic mass is 10.1. The lowest BCUT2D eigenvalue weighted by molar-refractivity contribution is 0.0646. The standard InChI is InChI=1S/C19H19ClFN5O2/c1-3-25(13(2)12-28-18-7-4-14(20)11-22-18)19(27)16-6-5-15(21)10-17(16)26-23-8-9-24-26/h4-11,13H,3,12H2,1-2H3/t13-/m0/s1. The number of likely N-dealkylation sites (N-methyl/N-ethyl adjacent to an activating group) is 1. The Morgan fingerprint density at radius 2 is 2.04 bits per heavy atom.